The van der Waals surface area contributed by atoms with Crippen molar-refractivity contribution in [3.8, 4) is 5.95 Å². The number of rotatable bonds is 2. The van der Waals surface area contributed by atoms with Crippen LogP contribution < -0.4 is 5.73 Å². The van der Waals surface area contributed by atoms with E-state index in [1.807, 2.05) is 0 Å². The van der Waals surface area contributed by atoms with Crippen LogP contribution in [0.2, 0.25) is 0 Å². The first-order chi connectivity index (χ1) is 7.18. The summed E-state index contributed by atoms with van der Waals surface area (Å²) in [6.07, 6.45) is 5.09. The van der Waals surface area contributed by atoms with Gasteiger partial charge in [-0.25, -0.2) is 14.6 Å². The molecule has 2 heterocycles. The van der Waals surface area contributed by atoms with E-state index in [0.29, 0.717) is 17.6 Å². The number of hydrogen-bond donors (Lipinski definition) is 1. The molecule has 0 aliphatic rings. The number of aromatic nitrogens is 4. The summed E-state index contributed by atoms with van der Waals surface area (Å²) in [5.41, 5.74) is 7.40. The number of hydrogen-bond acceptors (Lipinski definition) is 4. The molecule has 0 atom stereocenters. The third kappa shape index (κ3) is 1.81. The Balaban J connectivity index is 2.43. The zero-order valence-electron chi connectivity index (χ0n) is 8.75. The minimum atomic E-state index is 0.301. The summed E-state index contributed by atoms with van der Waals surface area (Å²) in [6, 6.07) is 1.76. The van der Waals surface area contributed by atoms with Gasteiger partial charge >= 0.3 is 0 Å². The van der Waals surface area contributed by atoms with Crippen LogP contribution in [0.3, 0.4) is 0 Å². The minimum absolute atomic E-state index is 0.301. The van der Waals surface area contributed by atoms with Crippen molar-refractivity contribution in [2.45, 2.75) is 19.8 Å². The highest BCUT2D eigenvalue weighted by Crippen LogP contribution is 2.20. The predicted molar refractivity (Wildman–Crippen MR) is 57.7 cm³/mol. The topological polar surface area (TPSA) is 69.6 Å². The second kappa shape index (κ2) is 3.68. The number of nitrogens with two attached hydrogens (primary N) is 1. The van der Waals surface area contributed by atoms with Crippen LogP contribution in [0.4, 0.5) is 5.69 Å². The van der Waals surface area contributed by atoms with Crippen molar-refractivity contribution in [3.63, 3.8) is 0 Å². The van der Waals surface area contributed by atoms with Crippen LogP contribution in [-0.2, 0) is 0 Å². The van der Waals surface area contributed by atoms with Gasteiger partial charge in [0.2, 0.25) is 0 Å². The molecule has 15 heavy (non-hydrogen) atoms. The molecule has 5 heteroatoms. The van der Waals surface area contributed by atoms with Crippen LogP contribution >= 0.6 is 0 Å². The van der Waals surface area contributed by atoms with Crippen LogP contribution in [0, 0.1) is 0 Å². The van der Waals surface area contributed by atoms with Crippen LogP contribution in [0.25, 0.3) is 5.95 Å². The van der Waals surface area contributed by atoms with E-state index in [9.17, 15) is 0 Å². The molecular formula is C10H13N5. The Hall–Kier alpha value is -1.91. The number of anilines is 1. The van der Waals surface area contributed by atoms with Gasteiger partial charge < -0.3 is 5.73 Å². The first-order valence-electron chi connectivity index (χ1n) is 4.81. The van der Waals surface area contributed by atoms with Crippen molar-refractivity contribution in [1.82, 2.24) is 19.7 Å². The maximum Gasteiger partial charge on any atom is 0.250 e. The SMILES string of the molecule is CC(C)c1nn(-c2ncccn2)cc1N. The zero-order valence-corrected chi connectivity index (χ0v) is 8.75. The Kier molecular flexibility index (Phi) is 2.37. The summed E-state index contributed by atoms with van der Waals surface area (Å²) in [7, 11) is 0. The monoisotopic (exact) mass is 203 g/mol. The minimum Gasteiger partial charge on any atom is -0.396 e. The quantitative estimate of drug-likeness (QED) is 0.800. The number of nitrogens with zero attached hydrogens (tertiary/aromatic N) is 4. The lowest BCUT2D eigenvalue weighted by atomic mass is 10.1. The van der Waals surface area contributed by atoms with Gasteiger partial charge in [0.25, 0.3) is 5.95 Å². The van der Waals surface area contributed by atoms with Crippen LogP contribution in [0.1, 0.15) is 25.5 Å². The smallest absolute Gasteiger partial charge is 0.250 e. The van der Waals surface area contributed by atoms with E-state index in [0.717, 1.165) is 5.69 Å². The lowest BCUT2D eigenvalue weighted by Gasteiger charge is -2.00. The van der Waals surface area contributed by atoms with E-state index < -0.39 is 0 Å². The Morgan fingerprint density at radius 2 is 1.93 bits per heavy atom. The molecule has 2 aromatic rings. The molecule has 0 aromatic carbocycles. The third-order valence-corrected chi connectivity index (χ3v) is 2.08. The number of nitrogen functional groups attached to an aromatic ring is 1. The molecule has 0 amide bonds. The molecule has 2 N–H and O–H groups in total. The fourth-order valence-corrected chi connectivity index (χ4v) is 1.36. The molecule has 0 spiro atoms. The van der Waals surface area contributed by atoms with Crippen molar-refractivity contribution in [2.24, 2.45) is 0 Å². The van der Waals surface area contributed by atoms with Crippen molar-refractivity contribution in [1.29, 1.82) is 0 Å². The molecule has 0 aliphatic carbocycles. The normalized spacial score (nSPS) is 10.9. The Morgan fingerprint density at radius 1 is 1.27 bits per heavy atom. The Bertz CT molecular complexity index is 446. The van der Waals surface area contributed by atoms with Gasteiger partial charge in [-0.3, -0.25) is 0 Å². The van der Waals surface area contributed by atoms with Gasteiger partial charge in [0.05, 0.1) is 17.6 Å². The highest BCUT2D eigenvalue weighted by atomic mass is 15.3. The highest BCUT2D eigenvalue weighted by Gasteiger charge is 2.11. The summed E-state index contributed by atoms with van der Waals surface area (Å²) in [5.74, 6) is 0.839. The Morgan fingerprint density at radius 3 is 2.47 bits per heavy atom. The van der Waals surface area contributed by atoms with Crippen molar-refractivity contribution < 1.29 is 0 Å². The van der Waals surface area contributed by atoms with Crippen LogP contribution in [0.5, 0.6) is 0 Å². The standard InChI is InChI=1S/C10H13N5/c1-7(2)9-8(11)6-15(14-9)10-12-4-3-5-13-10/h3-7H,11H2,1-2H3. The van der Waals surface area contributed by atoms with Crippen molar-refractivity contribution in [3.05, 3.63) is 30.4 Å². The predicted octanol–water partition coefficient (Wildman–Crippen LogP) is 1.37. The average Bonchev–Trinajstić information content (AvgIpc) is 2.62. The third-order valence-electron chi connectivity index (χ3n) is 2.08. The lowest BCUT2D eigenvalue weighted by molar-refractivity contribution is 0.743. The fraction of sp³-hybridized carbons (Fsp3) is 0.300. The molecule has 5 nitrogen and oxygen atoms in total. The molecule has 2 aromatic heterocycles. The van der Waals surface area contributed by atoms with Gasteiger partial charge in [-0.15, -0.1) is 0 Å². The van der Waals surface area contributed by atoms with Gasteiger partial charge in [-0.1, -0.05) is 13.8 Å². The van der Waals surface area contributed by atoms with E-state index in [1.54, 1.807) is 29.3 Å². The summed E-state index contributed by atoms with van der Waals surface area (Å²) in [5, 5.41) is 4.35. The fourth-order valence-electron chi connectivity index (χ4n) is 1.36. The van der Waals surface area contributed by atoms with Crippen LogP contribution in [0.15, 0.2) is 24.7 Å². The molecule has 0 aliphatic heterocycles. The van der Waals surface area contributed by atoms with E-state index in [2.05, 4.69) is 28.9 Å². The van der Waals surface area contributed by atoms with E-state index >= 15 is 0 Å². The first kappa shape index (κ1) is 9.64. The highest BCUT2D eigenvalue weighted by molar-refractivity contribution is 5.43. The maximum absolute atomic E-state index is 5.84. The molecule has 78 valence electrons. The molecule has 0 saturated carbocycles. The van der Waals surface area contributed by atoms with Gasteiger partial charge in [0.15, 0.2) is 0 Å². The second-order valence-electron chi connectivity index (χ2n) is 3.62. The van der Waals surface area contributed by atoms with Gasteiger partial charge in [0.1, 0.15) is 0 Å². The maximum atomic E-state index is 5.84. The van der Waals surface area contributed by atoms with E-state index in [-0.39, 0.29) is 0 Å². The van der Waals surface area contributed by atoms with Gasteiger partial charge in [-0.05, 0) is 12.0 Å². The van der Waals surface area contributed by atoms with Gasteiger partial charge in [-0.2, -0.15) is 5.10 Å². The summed E-state index contributed by atoms with van der Waals surface area (Å²) in [6.45, 7) is 4.10. The van der Waals surface area contributed by atoms with Crippen molar-refractivity contribution in [2.75, 3.05) is 5.73 Å². The van der Waals surface area contributed by atoms with Crippen molar-refractivity contribution >= 4 is 5.69 Å². The second-order valence-corrected chi connectivity index (χ2v) is 3.62. The zero-order chi connectivity index (χ0) is 10.8. The summed E-state index contributed by atoms with van der Waals surface area (Å²) >= 11 is 0. The summed E-state index contributed by atoms with van der Waals surface area (Å²) in [4.78, 5) is 8.19. The van der Waals surface area contributed by atoms with E-state index in [1.165, 1.54) is 0 Å². The molecule has 0 bridgehead atoms. The largest absolute Gasteiger partial charge is 0.396 e. The summed E-state index contributed by atoms with van der Waals surface area (Å²) < 4.78 is 1.60. The molecule has 2 rings (SSSR count). The molecule has 0 saturated heterocycles. The molecule has 0 fully saturated rings. The molecular weight excluding hydrogens is 190 g/mol. The molecule has 0 unspecified atom stereocenters. The van der Waals surface area contributed by atoms with Gasteiger partial charge in [0, 0.05) is 12.4 Å². The average molecular weight is 203 g/mol. The van der Waals surface area contributed by atoms with Crippen LogP contribution in [-0.4, -0.2) is 19.7 Å². The molecule has 0 radical (unpaired) electrons. The first-order valence-corrected chi connectivity index (χ1v) is 4.81. The van der Waals surface area contributed by atoms with E-state index in [4.69, 9.17) is 5.73 Å². The lowest BCUT2D eigenvalue weighted by Crippen LogP contribution is -2.01. The Labute approximate surface area is 88.0 Å².